The van der Waals surface area contributed by atoms with Crippen LogP contribution in [0.4, 0.5) is 0 Å². The van der Waals surface area contributed by atoms with E-state index >= 15 is 0 Å². The zero-order chi connectivity index (χ0) is 12.8. The smallest absolute Gasteiger partial charge is 0.119 e. The van der Waals surface area contributed by atoms with Crippen molar-refractivity contribution in [2.75, 3.05) is 13.7 Å². The number of nitrogens with one attached hydrogen (secondary N) is 1. The van der Waals surface area contributed by atoms with Crippen LogP contribution in [0.2, 0.25) is 0 Å². The van der Waals surface area contributed by atoms with E-state index in [0.717, 1.165) is 12.0 Å². The van der Waals surface area contributed by atoms with Gasteiger partial charge in [0.2, 0.25) is 0 Å². The molecule has 0 aromatic heterocycles. The molecular formula is C13H21NO3. The van der Waals surface area contributed by atoms with Gasteiger partial charge < -0.3 is 20.3 Å². The minimum atomic E-state index is 0.0492. The van der Waals surface area contributed by atoms with Gasteiger partial charge in [-0.1, -0.05) is 6.92 Å². The van der Waals surface area contributed by atoms with Gasteiger partial charge in [-0.25, -0.2) is 0 Å². The average Bonchev–Trinajstić information content (AvgIpc) is 2.27. The number of aromatic hydroxyl groups is 2. The summed E-state index contributed by atoms with van der Waals surface area (Å²) in [6.45, 7) is 4.72. The van der Waals surface area contributed by atoms with Gasteiger partial charge in [0.25, 0.3) is 0 Å². The van der Waals surface area contributed by atoms with Gasteiger partial charge in [-0.15, -0.1) is 0 Å². The molecule has 0 aliphatic heterocycles. The van der Waals surface area contributed by atoms with E-state index in [9.17, 15) is 10.2 Å². The number of ether oxygens (including phenoxy) is 1. The monoisotopic (exact) mass is 239 g/mol. The van der Waals surface area contributed by atoms with Gasteiger partial charge in [-0.3, -0.25) is 0 Å². The highest BCUT2D eigenvalue weighted by atomic mass is 16.5. The summed E-state index contributed by atoms with van der Waals surface area (Å²) in [4.78, 5) is 0. The van der Waals surface area contributed by atoms with Gasteiger partial charge in [0.15, 0.2) is 0 Å². The molecule has 0 saturated heterocycles. The minimum Gasteiger partial charge on any atom is -0.508 e. The highest BCUT2D eigenvalue weighted by molar-refractivity contribution is 5.37. The SMILES string of the molecule is CCC(COC)NC(C)c1cc(O)cc(O)c1. The van der Waals surface area contributed by atoms with Crippen molar-refractivity contribution in [3.63, 3.8) is 0 Å². The van der Waals surface area contributed by atoms with Gasteiger partial charge in [0.05, 0.1) is 6.61 Å². The van der Waals surface area contributed by atoms with E-state index in [4.69, 9.17) is 4.74 Å². The van der Waals surface area contributed by atoms with E-state index in [1.165, 1.54) is 6.07 Å². The van der Waals surface area contributed by atoms with Crippen LogP contribution in [0.3, 0.4) is 0 Å². The molecule has 1 aromatic carbocycles. The quantitative estimate of drug-likeness (QED) is 0.712. The molecule has 4 nitrogen and oxygen atoms in total. The van der Waals surface area contributed by atoms with Crippen LogP contribution in [0.15, 0.2) is 18.2 Å². The van der Waals surface area contributed by atoms with Crippen molar-refractivity contribution >= 4 is 0 Å². The Balaban J connectivity index is 2.71. The van der Waals surface area contributed by atoms with Crippen molar-refractivity contribution in [3.8, 4) is 11.5 Å². The highest BCUT2D eigenvalue weighted by Crippen LogP contribution is 2.25. The zero-order valence-electron chi connectivity index (χ0n) is 10.6. The largest absolute Gasteiger partial charge is 0.508 e. The Labute approximate surface area is 102 Å². The number of phenolic OH excluding ortho intramolecular Hbond substituents is 2. The van der Waals surface area contributed by atoms with Crippen LogP contribution in [-0.2, 0) is 4.74 Å². The third-order valence-corrected chi connectivity index (χ3v) is 2.77. The van der Waals surface area contributed by atoms with Gasteiger partial charge in [0.1, 0.15) is 11.5 Å². The first-order valence-electron chi connectivity index (χ1n) is 5.84. The Bertz CT molecular complexity index is 334. The van der Waals surface area contributed by atoms with Crippen LogP contribution >= 0.6 is 0 Å². The molecule has 17 heavy (non-hydrogen) atoms. The standard InChI is InChI=1S/C13H21NO3/c1-4-11(8-17-3)14-9(2)10-5-12(15)7-13(16)6-10/h5-7,9,11,14-16H,4,8H2,1-3H3. The fraction of sp³-hybridized carbons (Fsp3) is 0.538. The molecule has 0 amide bonds. The molecule has 4 heteroatoms. The third kappa shape index (κ3) is 4.24. The normalized spacial score (nSPS) is 14.5. The molecule has 0 radical (unpaired) electrons. The molecule has 0 aliphatic carbocycles. The molecule has 0 bridgehead atoms. The Morgan fingerprint density at radius 3 is 2.29 bits per heavy atom. The molecule has 0 aliphatic rings. The molecule has 2 atom stereocenters. The Kier molecular flexibility index (Phi) is 5.25. The zero-order valence-corrected chi connectivity index (χ0v) is 10.6. The molecule has 2 unspecified atom stereocenters. The first-order valence-corrected chi connectivity index (χ1v) is 5.84. The summed E-state index contributed by atoms with van der Waals surface area (Å²) in [7, 11) is 1.68. The summed E-state index contributed by atoms with van der Waals surface area (Å²) in [5.74, 6) is 0.155. The fourth-order valence-electron chi connectivity index (χ4n) is 1.80. The minimum absolute atomic E-state index is 0.0492. The van der Waals surface area contributed by atoms with Crippen molar-refractivity contribution in [2.45, 2.75) is 32.4 Å². The summed E-state index contributed by atoms with van der Waals surface area (Å²) in [5.41, 5.74) is 0.858. The number of hydrogen-bond acceptors (Lipinski definition) is 4. The van der Waals surface area contributed by atoms with E-state index < -0.39 is 0 Å². The first kappa shape index (κ1) is 13.8. The first-order chi connectivity index (χ1) is 8.06. The van der Waals surface area contributed by atoms with E-state index in [-0.39, 0.29) is 23.6 Å². The Morgan fingerprint density at radius 1 is 1.24 bits per heavy atom. The molecular weight excluding hydrogens is 218 g/mol. The van der Waals surface area contributed by atoms with Crippen molar-refractivity contribution in [3.05, 3.63) is 23.8 Å². The van der Waals surface area contributed by atoms with Crippen LogP contribution in [0.5, 0.6) is 11.5 Å². The lowest BCUT2D eigenvalue weighted by atomic mass is 10.1. The maximum absolute atomic E-state index is 9.42. The van der Waals surface area contributed by atoms with Crippen LogP contribution in [0.25, 0.3) is 0 Å². The van der Waals surface area contributed by atoms with E-state index in [0.29, 0.717) is 6.61 Å². The predicted molar refractivity (Wildman–Crippen MR) is 67.3 cm³/mol. The molecule has 0 saturated carbocycles. The van der Waals surface area contributed by atoms with Crippen molar-refractivity contribution in [1.82, 2.24) is 5.32 Å². The van der Waals surface area contributed by atoms with Gasteiger partial charge in [0, 0.05) is 25.3 Å². The number of methoxy groups -OCH3 is 1. The molecule has 96 valence electrons. The second kappa shape index (κ2) is 6.47. The van der Waals surface area contributed by atoms with Crippen molar-refractivity contribution in [1.29, 1.82) is 0 Å². The second-order valence-electron chi connectivity index (χ2n) is 4.23. The van der Waals surface area contributed by atoms with Crippen LogP contribution in [0.1, 0.15) is 31.9 Å². The molecule has 3 N–H and O–H groups in total. The maximum atomic E-state index is 9.42. The summed E-state index contributed by atoms with van der Waals surface area (Å²) in [6, 6.07) is 4.93. The van der Waals surface area contributed by atoms with E-state index in [1.807, 2.05) is 6.92 Å². The molecule has 0 spiro atoms. The second-order valence-corrected chi connectivity index (χ2v) is 4.23. The van der Waals surface area contributed by atoms with E-state index in [1.54, 1.807) is 19.2 Å². The van der Waals surface area contributed by atoms with Gasteiger partial charge >= 0.3 is 0 Å². The van der Waals surface area contributed by atoms with Crippen LogP contribution < -0.4 is 5.32 Å². The average molecular weight is 239 g/mol. The number of phenols is 2. The third-order valence-electron chi connectivity index (χ3n) is 2.77. The summed E-state index contributed by atoms with van der Waals surface area (Å²) >= 11 is 0. The van der Waals surface area contributed by atoms with Crippen molar-refractivity contribution < 1.29 is 14.9 Å². The van der Waals surface area contributed by atoms with Crippen LogP contribution in [-0.4, -0.2) is 30.0 Å². The summed E-state index contributed by atoms with van der Waals surface area (Å²) in [6.07, 6.45) is 0.961. The Morgan fingerprint density at radius 2 is 1.82 bits per heavy atom. The molecule has 0 heterocycles. The lowest BCUT2D eigenvalue weighted by molar-refractivity contribution is 0.159. The Hall–Kier alpha value is -1.26. The number of benzene rings is 1. The summed E-state index contributed by atoms with van der Waals surface area (Å²) in [5, 5.41) is 22.2. The van der Waals surface area contributed by atoms with E-state index in [2.05, 4.69) is 12.2 Å². The lowest BCUT2D eigenvalue weighted by Crippen LogP contribution is -2.34. The molecule has 0 fully saturated rings. The molecule has 1 rings (SSSR count). The van der Waals surface area contributed by atoms with Crippen molar-refractivity contribution in [2.24, 2.45) is 0 Å². The van der Waals surface area contributed by atoms with Crippen LogP contribution in [0, 0.1) is 0 Å². The predicted octanol–water partition coefficient (Wildman–Crippen LogP) is 2.17. The number of hydrogen-bond donors (Lipinski definition) is 3. The number of rotatable bonds is 6. The highest BCUT2D eigenvalue weighted by Gasteiger charge is 2.12. The molecule has 1 aromatic rings. The summed E-state index contributed by atoms with van der Waals surface area (Å²) < 4.78 is 5.12. The van der Waals surface area contributed by atoms with Gasteiger partial charge in [-0.05, 0) is 31.0 Å². The maximum Gasteiger partial charge on any atom is 0.119 e. The lowest BCUT2D eigenvalue weighted by Gasteiger charge is -2.22. The van der Waals surface area contributed by atoms with Gasteiger partial charge in [-0.2, -0.15) is 0 Å². The fourth-order valence-corrected chi connectivity index (χ4v) is 1.80. The topological polar surface area (TPSA) is 61.7 Å².